The molecule has 1 fully saturated rings. The number of ether oxygens (including phenoxy) is 2. The molecule has 0 radical (unpaired) electrons. The van der Waals surface area contributed by atoms with Gasteiger partial charge in [-0.15, -0.1) is 0 Å². The molecule has 0 aliphatic carbocycles. The Morgan fingerprint density at radius 1 is 1.33 bits per heavy atom. The number of fused-ring (bicyclic) bond motifs is 1. The van der Waals surface area contributed by atoms with Crippen molar-refractivity contribution in [3.8, 4) is 5.88 Å². The van der Waals surface area contributed by atoms with Gasteiger partial charge in [0, 0.05) is 18.7 Å². The monoisotopic (exact) mass is 374 g/mol. The molecule has 9 nitrogen and oxygen atoms in total. The highest BCUT2D eigenvalue weighted by atomic mass is 16.6. The Hall–Kier alpha value is -2.97. The zero-order valence-corrected chi connectivity index (χ0v) is 15.5. The molecule has 0 unspecified atom stereocenters. The van der Waals surface area contributed by atoms with Gasteiger partial charge in [-0.05, 0) is 39.7 Å². The molecule has 0 bridgehead atoms. The van der Waals surface area contributed by atoms with Gasteiger partial charge >= 0.3 is 6.09 Å². The van der Waals surface area contributed by atoms with E-state index in [9.17, 15) is 14.9 Å². The molecule has 1 saturated heterocycles. The van der Waals surface area contributed by atoms with E-state index in [1.807, 2.05) is 20.8 Å². The van der Waals surface area contributed by atoms with Gasteiger partial charge in [-0.25, -0.2) is 14.8 Å². The van der Waals surface area contributed by atoms with Crippen molar-refractivity contribution in [2.24, 2.45) is 0 Å². The number of hydrogen-bond acceptors (Lipinski definition) is 7. The van der Waals surface area contributed by atoms with Crippen molar-refractivity contribution in [2.75, 3.05) is 13.1 Å². The number of benzene rings is 1. The van der Waals surface area contributed by atoms with Gasteiger partial charge in [0.25, 0.3) is 5.69 Å². The standard InChI is InChI=1S/C18H22N4O5/c1-18(2,3)27-17(23)21-8-4-5-13(11-21)26-16-10-19-15-9-12(22(24)25)6-7-14(15)20-16/h6-7,9-10,13H,4-5,8,11H2,1-3H3/t13-/m0/s1. The number of rotatable bonds is 3. The van der Waals surface area contributed by atoms with E-state index in [-0.39, 0.29) is 17.9 Å². The number of hydrogen-bond donors (Lipinski definition) is 0. The number of non-ortho nitro benzene ring substituents is 1. The van der Waals surface area contributed by atoms with Crippen molar-refractivity contribution in [2.45, 2.75) is 45.3 Å². The van der Waals surface area contributed by atoms with Crippen LogP contribution in [0.25, 0.3) is 11.0 Å². The highest BCUT2D eigenvalue weighted by molar-refractivity contribution is 5.77. The Morgan fingerprint density at radius 2 is 2.11 bits per heavy atom. The summed E-state index contributed by atoms with van der Waals surface area (Å²) in [6, 6.07) is 4.30. The van der Waals surface area contributed by atoms with Crippen LogP contribution in [-0.2, 0) is 4.74 Å². The van der Waals surface area contributed by atoms with Gasteiger partial charge in [-0.1, -0.05) is 0 Å². The fraction of sp³-hybridized carbons (Fsp3) is 0.500. The lowest BCUT2D eigenvalue weighted by Crippen LogP contribution is -2.46. The molecule has 1 atom stereocenters. The number of amides is 1. The number of carbonyl (C=O) groups is 1. The minimum atomic E-state index is -0.544. The summed E-state index contributed by atoms with van der Waals surface area (Å²) in [5, 5.41) is 10.8. The summed E-state index contributed by atoms with van der Waals surface area (Å²) in [7, 11) is 0. The van der Waals surface area contributed by atoms with Gasteiger partial charge in [0.15, 0.2) is 0 Å². The number of nitrogens with zero attached hydrogens (tertiary/aromatic N) is 4. The molecular formula is C18H22N4O5. The molecule has 0 spiro atoms. The van der Waals surface area contributed by atoms with E-state index >= 15 is 0 Å². The Labute approximate surface area is 156 Å². The summed E-state index contributed by atoms with van der Waals surface area (Å²) < 4.78 is 11.3. The molecule has 2 heterocycles. The minimum Gasteiger partial charge on any atom is -0.471 e. The largest absolute Gasteiger partial charge is 0.471 e. The molecular weight excluding hydrogens is 352 g/mol. The lowest BCUT2D eigenvalue weighted by Gasteiger charge is -2.33. The lowest BCUT2D eigenvalue weighted by atomic mass is 10.1. The van der Waals surface area contributed by atoms with Crippen molar-refractivity contribution in [3.05, 3.63) is 34.5 Å². The van der Waals surface area contributed by atoms with Gasteiger partial charge in [-0.3, -0.25) is 10.1 Å². The van der Waals surface area contributed by atoms with E-state index in [4.69, 9.17) is 9.47 Å². The maximum atomic E-state index is 12.2. The number of nitro groups is 1. The molecule has 9 heteroatoms. The zero-order valence-electron chi connectivity index (χ0n) is 15.5. The van der Waals surface area contributed by atoms with Crippen LogP contribution in [0, 0.1) is 10.1 Å². The Balaban J connectivity index is 1.68. The molecule has 1 amide bonds. The number of carbonyl (C=O) groups excluding carboxylic acids is 1. The smallest absolute Gasteiger partial charge is 0.410 e. The third-order valence-corrected chi connectivity index (χ3v) is 4.03. The maximum Gasteiger partial charge on any atom is 0.410 e. The van der Waals surface area contributed by atoms with E-state index in [1.54, 1.807) is 11.0 Å². The van der Waals surface area contributed by atoms with Crippen LogP contribution in [-0.4, -0.2) is 50.7 Å². The fourth-order valence-corrected chi connectivity index (χ4v) is 2.85. The zero-order chi connectivity index (χ0) is 19.6. The topological polar surface area (TPSA) is 108 Å². The summed E-state index contributed by atoms with van der Waals surface area (Å²) in [5.74, 6) is 0.326. The molecule has 1 aliphatic rings. The van der Waals surface area contributed by atoms with Crippen LogP contribution in [0.3, 0.4) is 0 Å². The van der Waals surface area contributed by atoms with Crippen LogP contribution in [0.4, 0.5) is 10.5 Å². The number of aromatic nitrogens is 2. The van der Waals surface area contributed by atoms with Crippen molar-refractivity contribution in [1.29, 1.82) is 0 Å². The normalized spacial score (nSPS) is 17.6. The van der Waals surface area contributed by atoms with Crippen molar-refractivity contribution in [1.82, 2.24) is 14.9 Å². The van der Waals surface area contributed by atoms with Crippen LogP contribution in [0.15, 0.2) is 24.4 Å². The summed E-state index contributed by atoms with van der Waals surface area (Å²) in [6.45, 7) is 6.53. The summed E-state index contributed by atoms with van der Waals surface area (Å²) >= 11 is 0. The molecule has 27 heavy (non-hydrogen) atoms. The van der Waals surface area contributed by atoms with E-state index < -0.39 is 10.5 Å². The average Bonchev–Trinajstić information content (AvgIpc) is 2.60. The van der Waals surface area contributed by atoms with Crippen molar-refractivity contribution < 1.29 is 19.2 Å². The van der Waals surface area contributed by atoms with E-state index in [2.05, 4.69) is 9.97 Å². The molecule has 0 N–H and O–H groups in total. The SMILES string of the molecule is CC(C)(C)OC(=O)N1CCC[C@H](Oc2cnc3cc([N+](=O)[O-])ccc3n2)C1. The van der Waals surface area contributed by atoms with Gasteiger partial charge in [0.2, 0.25) is 5.88 Å². The highest BCUT2D eigenvalue weighted by Crippen LogP contribution is 2.22. The van der Waals surface area contributed by atoms with E-state index in [1.165, 1.54) is 18.3 Å². The summed E-state index contributed by atoms with van der Waals surface area (Å²) in [4.78, 5) is 32.8. The molecule has 1 aromatic heterocycles. The Morgan fingerprint density at radius 3 is 2.81 bits per heavy atom. The predicted molar refractivity (Wildman–Crippen MR) is 97.6 cm³/mol. The van der Waals surface area contributed by atoms with Crippen LogP contribution in [0.1, 0.15) is 33.6 Å². The fourth-order valence-electron chi connectivity index (χ4n) is 2.85. The van der Waals surface area contributed by atoms with Gasteiger partial charge in [0.05, 0.1) is 28.7 Å². The van der Waals surface area contributed by atoms with Crippen LogP contribution in [0.2, 0.25) is 0 Å². The summed E-state index contributed by atoms with van der Waals surface area (Å²) in [5.41, 5.74) is 0.358. The van der Waals surface area contributed by atoms with E-state index in [0.29, 0.717) is 30.0 Å². The minimum absolute atomic E-state index is 0.0363. The molecule has 1 aliphatic heterocycles. The quantitative estimate of drug-likeness (QED) is 0.599. The molecule has 144 valence electrons. The van der Waals surface area contributed by atoms with Crippen LogP contribution < -0.4 is 4.74 Å². The van der Waals surface area contributed by atoms with Crippen molar-refractivity contribution in [3.63, 3.8) is 0 Å². The van der Waals surface area contributed by atoms with Crippen molar-refractivity contribution >= 4 is 22.8 Å². The first-order chi connectivity index (χ1) is 12.7. The van der Waals surface area contributed by atoms with Gasteiger partial charge < -0.3 is 14.4 Å². The Bertz CT molecular complexity index is 864. The Kier molecular flexibility index (Phi) is 5.11. The first kappa shape index (κ1) is 18.8. The average molecular weight is 374 g/mol. The lowest BCUT2D eigenvalue weighted by molar-refractivity contribution is -0.384. The second-order valence-electron chi connectivity index (χ2n) is 7.45. The van der Waals surface area contributed by atoms with Gasteiger partial charge in [-0.2, -0.15) is 0 Å². The highest BCUT2D eigenvalue weighted by Gasteiger charge is 2.28. The first-order valence-corrected chi connectivity index (χ1v) is 8.77. The van der Waals surface area contributed by atoms with Crippen LogP contribution in [0.5, 0.6) is 5.88 Å². The van der Waals surface area contributed by atoms with Crippen LogP contribution >= 0.6 is 0 Å². The predicted octanol–water partition coefficient (Wildman–Crippen LogP) is 3.32. The second kappa shape index (κ2) is 7.34. The molecule has 1 aromatic carbocycles. The third-order valence-electron chi connectivity index (χ3n) is 4.03. The molecule has 3 rings (SSSR count). The number of piperidine rings is 1. The van der Waals surface area contributed by atoms with Gasteiger partial charge in [0.1, 0.15) is 11.7 Å². The molecule has 0 saturated carbocycles. The summed E-state index contributed by atoms with van der Waals surface area (Å²) in [6.07, 6.45) is 2.47. The molecule has 2 aromatic rings. The second-order valence-corrected chi connectivity index (χ2v) is 7.45. The van der Waals surface area contributed by atoms with E-state index in [0.717, 1.165) is 12.8 Å². The number of nitro benzene ring substituents is 1. The third kappa shape index (κ3) is 4.81. The maximum absolute atomic E-state index is 12.2. The number of likely N-dealkylation sites (tertiary alicyclic amines) is 1. The first-order valence-electron chi connectivity index (χ1n) is 8.77.